The molecule has 2 aromatic rings. The van der Waals surface area contributed by atoms with E-state index in [-0.39, 0.29) is 5.56 Å². The zero-order valence-electron chi connectivity index (χ0n) is 10.9. The molecule has 3 N–H and O–H groups in total. The lowest BCUT2D eigenvalue weighted by atomic mass is 10.1. The molecule has 0 spiro atoms. The van der Waals surface area contributed by atoms with Crippen LogP contribution in [0.1, 0.15) is 24.5 Å². The Balaban J connectivity index is 2.38. The van der Waals surface area contributed by atoms with Crippen molar-refractivity contribution in [2.24, 2.45) is 4.99 Å². The molecule has 0 amide bonds. The Labute approximate surface area is 114 Å². The fourth-order valence-corrected chi connectivity index (χ4v) is 1.81. The first-order chi connectivity index (χ1) is 9.61. The number of nitrogens with one attached hydrogen (secondary N) is 3. The van der Waals surface area contributed by atoms with Crippen LogP contribution in [0.15, 0.2) is 39.1 Å². The van der Waals surface area contributed by atoms with Gasteiger partial charge in [-0.05, 0) is 18.4 Å². The molecule has 0 aliphatic heterocycles. The van der Waals surface area contributed by atoms with Crippen molar-refractivity contribution in [2.45, 2.75) is 19.9 Å². The van der Waals surface area contributed by atoms with E-state index < -0.39 is 17.1 Å². The number of nitrogens with zero attached hydrogens (tertiary/aromatic N) is 1. The van der Waals surface area contributed by atoms with E-state index in [1.807, 2.05) is 22.1 Å². The van der Waals surface area contributed by atoms with Gasteiger partial charge in [0.15, 0.2) is 12.4 Å². The molecular weight excluding hydrogens is 260 g/mol. The van der Waals surface area contributed by atoms with Crippen molar-refractivity contribution in [3.8, 4) is 5.88 Å². The number of rotatable bonds is 4. The zero-order valence-corrected chi connectivity index (χ0v) is 10.9. The van der Waals surface area contributed by atoms with Gasteiger partial charge in [-0.25, -0.2) is 9.78 Å². The fourth-order valence-electron chi connectivity index (χ4n) is 1.81. The van der Waals surface area contributed by atoms with Gasteiger partial charge in [0.05, 0.1) is 12.1 Å². The van der Waals surface area contributed by atoms with Crippen LogP contribution in [0.25, 0.3) is 0 Å². The Morgan fingerprint density at radius 2 is 2.20 bits per heavy atom. The number of hydrogen-bond donors (Lipinski definition) is 2. The average molecular weight is 274 g/mol. The molecule has 0 aliphatic rings. The van der Waals surface area contributed by atoms with Crippen LogP contribution in [-0.2, 0) is 6.54 Å². The SMILES string of the molecule is CCC(=NCc1ccc[nH+]c1)c1c([O-])[nH]c(=O)[nH]c1=O. The standard InChI is InChI=1S/C13H14N4O3/c1-2-9(15-7-8-4-3-5-14-6-8)10-11(18)16-13(20)17-12(10)19/h3-6H,2,7H2,1H3,(H3,16,17,18,19,20). The topological polar surface area (TPSA) is 115 Å². The molecule has 0 saturated heterocycles. The minimum Gasteiger partial charge on any atom is -0.860 e. The third-order valence-corrected chi connectivity index (χ3v) is 2.76. The highest BCUT2D eigenvalue weighted by Crippen LogP contribution is 2.08. The molecule has 2 rings (SSSR count). The molecule has 0 atom stereocenters. The third kappa shape index (κ3) is 3.00. The largest absolute Gasteiger partial charge is 0.860 e. The van der Waals surface area contributed by atoms with E-state index >= 15 is 0 Å². The predicted octanol–water partition coefficient (Wildman–Crippen LogP) is -0.650. The number of aliphatic imine (C=N–C) groups is 1. The highest BCUT2D eigenvalue weighted by atomic mass is 16.3. The summed E-state index contributed by atoms with van der Waals surface area (Å²) in [4.78, 5) is 34.0. The van der Waals surface area contributed by atoms with Crippen LogP contribution in [-0.4, -0.2) is 15.7 Å². The Hall–Kier alpha value is -2.70. The average Bonchev–Trinajstić information content (AvgIpc) is 2.42. The van der Waals surface area contributed by atoms with Crippen molar-refractivity contribution in [3.05, 3.63) is 56.5 Å². The van der Waals surface area contributed by atoms with E-state index in [4.69, 9.17) is 0 Å². The Morgan fingerprint density at radius 3 is 2.80 bits per heavy atom. The molecule has 0 aromatic carbocycles. The van der Waals surface area contributed by atoms with E-state index in [1.165, 1.54) is 0 Å². The molecule has 0 fully saturated rings. The maximum Gasteiger partial charge on any atom is 0.325 e. The van der Waals surface area contributed by atoms with Crippen LogP contribution in [0.4, 0.5) is 0 Å². The quantitative estimate of drug-likeness (QED) is 0.722. The summed E-state index contributed by atoms with van der Waals surface area (Å²) in [6, 6.07) is 3.71. The smallest absolute Gasteiger partial charge is 0.325 e. The van der Waals surface area contributed by atoms with E-state index in [2.05, 4.69) is 9.98 Å². The summed E-state index contributed by atoms with van der Waals surface area (Å²) in [5.41, 5.74) is -0.328. The second kappa shape index (κ2) is 5.96. The summed E-state index contributed by atoms with van der Waals surface area (Å²) >= 11 is 0. The Morgan fingerprint density at radius 1 is 1.40 bits per heavy atom. The summed E-state index contributed by atoms with van der Waals surface area (Å²) in [6.45, 7) is 2.14. The van der Waals surface area contributed by atoms with Gasteiger partial charge in [-0.15, -0.1) is 0 Å². The van der Waals surface area contributed by atoms with E-state index in [1.54, 1.807) is 19.3 Å². The molecule has 0 aliphatic carbocycles. The number of aromatic nitrogens is 3. The molecule has 7 heteroatoms. The number of aromatic amines is 3. The van der Waals surface area contributed by atoms with Crippen LogP contribution in [0.5, 0.6) is 5.88 Å². The normalized spacial score (nSPS) is 11.6. The van der Waals surface area contributed by atoms with Crippen molar-refractivity contribution in [2.75, 3.05) is 0 Å². The minimum absolute atomic E-state index is 0.105. The lowest BCUT2D eigenvalue weighted by Gasteiger charge is -2.12. The van der Waals surface area contributed by atoms with Crippen molar-refractivity contribution >= 4 is 5.71 Å². The van der Waals surface area contributed by atoms with E-state index in [0.717, 1.165) is 5.56 Å². The van der Waals surface area contributed by atoms with Gasteiger partial charge in [-0.2, -0.15) is 0 Å². The molecule has 0 unspecified atom stereocenters. The molecule has 7 nitrogen and oxygen atoms in total. The second-order valence-corrected chi connectivity index (χ2v) is 4.14. The maximum atomic E-state index is 11.7. The van der Waals surface area contributed by atoms with Gasteiger partial charge in [0.25, 0.3) is 5.56 Å². The highest BCUT2D eigenvalue weighted by molar-refractivity contribution is 6.01. The van der Waals surface area contributed by atoms with Crippen LogP contribution in [0, 0.1) is 0 Å². The summed E-state index contributed by atoms with van der Waals surface area (Å²) < 4.78 is 0. The third-order valence-electron chi connectivity index (χ3n) is 2.76. The van der Waals surface area contributed by atoms with Gasteiger partial charge in [-0.3, -0.25) is 14.8 Å². The van der Waals surface area contributed by atoms with Gasteiger partial charge in [0.2, 0.25) is 0 Å². The molecule has 20 heavy (non-hydrogen) atoms. The molecule has 0 radical (unpaired) electrons. The van der Waals surface area contributed by atoms with Gasteiger partial charge in [-0.1, -0.05) is 6.92 Å². The van der Waals surface area contributed by atoms with Crippen molar-refractivity contribution in [1.82, 2.24) is 9.97 Å². The first-order valence-corrected chi connectivity index (χ1v) is 6.14. The lowest BCUT2D eigenvalue weighted by Crippen LogP contribution is -2.30. The summed E-state index contributed by atoms with van der Waals surface area (Å²) in [5, 5.41) is 11.7. The van der Waals surface area contributed by atoms with Gasteiger partial charge >= 0.3 is 5.69 Å². The van der Waals surface area contributed by atoms with Crippen molar-refractivity contribution in [3.63, 3.8) is 0 Å². The van der Waals surface area contributed by atoms with Gasteiger partial charge in [0, 0.05) is 17.3 Å². The molecule has 0 saturated carbocycles. The lowest BCUT2D eigenvalue weighted by molar-refractivity contribution is -0.378. The van der Waals surface area contributed by atoms with E-state index in [0.29, 0.717) is 18.7 Å². The Kier molecular flexibility index (Phi) is 4.09. The second-order valence-electron chi connectivity index (χ2n) is 4.14. The first kappa shape index (κ1) is 13.7. The highest BCUT2D eigenvalue weighted by Gasteiger charge is 2.09. The van der Waals surface area contributed by atoms with Crippen LogP contribution >= 0.6 is 0 Å². The van der Waals surface area contributed by atoms with Gasteiger partial charge in [0.1, 0.15) is 0 Å². The predicted molar refractivity (Wildman–Crippen MR) is 70.7 cm³/mol. The number of hydrogen-bond acceptors (Lipinski definition) is 4. The molecule has 2 heterocycles. The van der Waals surface area contributed by atoms with Crippen LogP contribution in [0.2, 0.25) is 0 Å². The number of pyridine rings is 1. The minimum atomic E-state index is -0.808. The molecule has 104 valence electrons. The first-order valence-electron chi connectivity index (χ1n) is 6.14. The fraction of sp³-hybridized carbons (Fsp3) is 0.231. The Bertz CT molecular complexity index is 731. The van der Waals surface area contributed by atoms with Crippen LogP contribution < -0.4 is 21.3 Å². The summed E-state index contributed by atoms with van der Waals surface area (Å²) in [6.07, 6.45) is 3.98. The summed E-state index contributed by atoms with van der Waals surface area (Å²) in [5.74, 6) is -0.709. The van der Waals surface area contributed by atoms with Crippen molar-refractivity contribution in [1.29, 1.82) is 0 Å². The van der Waals surface area contributed by atoms with Crippen molar-refractivity contribution < 1.29 is 10.1 Å². The molecular formula is C13H14N4O3. The zero-order chi connectivity index (χ0) is 14.5. The summed E-state index contributed by atoms with van der Waals surface area (Å²) in [7, 11) is 0. The monoisotopic (exact) mass is 274 g/mol. The van der Waals surface area contributed by atoms with E-state index in [9.17, 15) is 14.7 Å². The van der Waals surface area contributed by atoms with Crippen LogP contribution in [0.3, 0.4) is 0 Å². The number of H-pyrrole nitrogens is 3. The molecule has 0 bridgehead atoms. The maximum absolute atomic E-state index is 11.7. The van der Waals surface area contributed by atoms with Gasteiger partial charge < -0.3 is 10.1 Å². The molecule has 2 aromatic heterocycles.